The highest BCUT2D eigenvalue weighted by Gasteiger charge is 2.34. The summed E-state index contributed by atoms with van der Waals surface area (Å²) in [5.41, 5.74) is 2.51. The Labute approximate surface area is 202 Å². The van der Waals surface area contributed by atoms with Gasteiger partial charge in [-0.3, -0.25) is 9.78 Å². The number of ether oxygens (including phenoxy) is 2. The van der Waals surface area contributed by atoms with Crippen LogP contribution in [0.1, 0.15) is 44.6 Å². The lowest BCUT2D eigenvalue weighted by Crippen LogP contribution is -2.34. The number of hydrogen-bond donors (Lipinski definition) is 1. The zero-order chi connectivity index (χ0) is 24.9. The Balaban J connectivity index is 1.93. The number of aromatic nitrogens is 2. The van der Waals surface area contributed by atoms with Gasteiger partial charge in [-0.1, -0.05) is 25.1 Å². The first-order valence-corrected chi connectivity index (χ1v) is 11.8. The molecule has 0 aliphatic carbocycles. The van der Waals surface area contributed by atoms with Crippen LogP contribution in [0.5, 0.6) is 5.75 Å². The molecule has 0 saturated carbocycles. The van der Waals surface area contributed by atoms with Crippen LogP contribution in [0.3, 0.4) is 0 Å². The molecule has 4 aromatic rings. The van der Waals surface area contributed by atoms with Crippen molar-refractivity contribution in [3.8, 4) is 16.9 Å². The summed E-state index contributed by atoms with van der Waals surface area (Å²) in [6.45, 7) is 6.24. The molecule has 2 aromatic carbocycles. The minimum Gasteiger partial charge on any atom is -0.493 e. The summed E-state index contributed by atoms with van der Waals surface area (Å²) in [4.78, 5) is 30.7. The zero-order valence-electron chi connectivity index (χ0n) is 20.3. The molecule has 7 heteroatoms. The predicted octanol–water partition coefficient (Wildman–Crippen LogP) is 5.02. The fourth-order valence-electron chi connectivity index (χ4n) is 4.80. The summed E-state index contributed by atoms with van der Waals surface area (Å²) < 4.78 is 13.5. The summed E-state index contributed by atoms with van der Waals surface area (Å²) in [6, 6.07) is 13.1. The number of rotatable bonds is 6. The van der Waals surface area contributed by atoms with Crippen molar-refractivity contribution in [3.05, 3.63) is 70.3 Å². The van der Waals surface area contributed by atoms with E-state index in [1.165, 1.54) is 4.57 Å². The molecule has 1 N–H and O–H groups in total. The van der Waals surface area contributed by atoms with Gasteiger partial charge in [0.25, 0.3) is 5.56 Å². The lowest BCUT2D eigenvalue weighted by molar-refractivity contribution is -0.163. The number of fused-ring (bicyclic) bond motifs is 1. The molecule has 0 saturated heterocycles. The molecule has 5 rings (SSSR count). The van der Waals surface area contributed by atoms with E-state index in [1.54, 1.807) is 19.3 Å². The van der Waals surface area contributed by atoms with E-state index in [0.717, 1.165) is 28.7 Å². The minimum atomic E-state index is -1.36. The number of carboxylic acids is 1. The van der Waals surface area contributed by atoms with Crippen molar-refractivity contribution in [3.63, 3.8) is 0 Å². The standard InChI is InChI=1S/C28H28N2O5/c1-5-28(2,3)35-25(27(32)33)24-22(17-8-6-7-9-18(17)26(31)30(24)4)19-10-11-20-21-16(13-15-34-20)12-14-29-23(19)21/h6-12,14,25H,5,13,15H2,1-4H3,(H,32,33)/t25-/m0/s1. The first-order valence-electron chi connectivity index (χ1n) is 11.8. The van der Waals surface area contributed by atoms with Crippen LogP contribution in [0.4, 0.5) is 0 Å². The number of aliphatic carboxylic acids is 1. The quantitative estimate of drug-likeness (QED) is 0.424. The summed E-state index contributed by atoms with van der Waals surface area (Å²) in [5, 5.41) is 12.4. The van der Waals surface area contributed by atoms with E-state index >= 15 is 0 Å². The normalized spacial score (nSPS) is 14.2. The van der Waals surface area contributed by atoms with E-state index in [4.69, 9.17) is 14.5 Å². The van der Waals surface area contributed by atoms with E-state index in [1.807, 2.05) is 57.2 Å². The van der Waals surface area contributed by atoms with Crippen molar-refractivity contribution in [1.82, 2.24) is 9.55 Å². The topological polar surface area (TPSA) is 90.7 Å². The molecule has 35 heavy (non-hydrogen) atoms. The summed E-state index contributed by atoms with van der Waals surface area (Å²) >= 11 is 0. The van der Waals surface area contributed by atoms with Gasteiger partial charge in [0.1, 0.15) is 5.75 Å². The number of carboxylic acid groups (broad SMARTS) is 1. The largest absolute Gasteiger partial charge is 0.493 e. The first kappa shape index (κ1) is 23.1. The Morgan fingerprint density at radius 3 is 2.66 bits per heavy atom. The van der Waals surface area contributed by atoms with E-state index in [2.05, 4.69) is 0 Å². The molecule has 180 valence electrons. The van der Waals surface area contributed by atoms with Crippen molar-refractivity contribution in [2.45, 2.75) is 45.3 Å². The lowest BCUT2D eigenvalue weighted by atomic mass is 9.90. The third-order valence-electron chi connectivity index (χ3n) is 6.95. The van der Waals surface area contributed by atoms with Crippen LogP contribution in [0.2, 0.25) is 0 Å². The Bertz CT molecular complexity index is 1530. The van der Waals surface area contributed by atoms with E-state index in [9.17, 15) is 14.7 Å². The Morgan fingerprint density at radius 1 is 1.20 bits per heavy atom. The fraction of sp³-hybridized carbons (Fsp3) is 0.321. The maximum absolute atomic E-state index is 13.4. The molecule has 0 fully saturated rings. The lowest BCUT2D eigenvalue weighted by Gasteiger charge is -2.30. The molecule has 7 nitrogen and oxygen atoms in total. The third kappa shape index (κ3) is 3.76. The van der Waals surface area contributed by atoms with Crippen molar-refractivity contribution < 1.29 is 19.4 Å². The van der Waals surface area contributed by atoms with Crippen LogP contribution in [0.15, 0.2) is 53.5 Å². The zero-order valence-corrected chi connectivity index (χ0v) is 20.3. The summed E-state index contributed by atoms with van der Waals surface area (Å²) in [7, 11) is 1.60. The third-order valence-corrected chi connectivity index (χ3v) is 6.95. The monoisotopic (exact) mass is 472 g/mol. The first-order chi connectivity index (χ1) is 16.7. The molecule has 1 aliphatic rings. The van der Waals surface area contributed by atoms with Gasteiger partial charge in [-0.05, 0) is 55.5 Å². The molecule has 0 amide bonds. The van der Waals surface area contributed by atoms with Crippen LogP contribution in [-0.2, 0) is 23.0 Å². The Morgan fingerprint density at radius 2 is 1.94 bits per heavy atom. The van der Waals surface area contributed by atoms with E-state index < -0.39 is 17.7 Å². The minimum absolute atomic E-state index is 0.275. The van der Waals surface area contributed by atoms with Gasteiger partial charge in [0.2, 0.25) is 0 Å². The van der Waals surface area contributed by atoms with Crippen molar-refractivity contribution in [2.24, 2.45) is 7.05 Å². The van der Waals surface area contributed by atoms with Gasteiger partial charge in [0.05, 0.1) is 23.4 Å². The second-order valence-electron chi connectivity index (χ2n) is 9.52. The highest BCUT2D eigenvalue weighted by molar-refractivity contribution is 6.07. The Hall–Kier alpha value is -3.71. The number of hydrogen-bond acceptors (Lipinski definition) is 5. The molecular weight excluding hydrogens is 444 g/mol. The van der Waals surface area contributed by atoms with Gasteiger partial charge in [-0.2, -0.15) is 0 Å². The molecule has 1 atom stereocenters. The summed E-state index contributed by atoms with van der Waals surface area (Å²) in [5.74, 6) is -0.399. The average Bonchev–Trinajstić information content (AvgIpc) is 2.86. The maximum Gasteiger partial charge on any atom is 0.339 e. The maximum atomic E-state index is 13.4. The van der Waals surface area contributed by atoms with Gasteiger partial charge in [0.15, 0.2) is 6.10 Å². The Kier molecular flexibility index (Phi) is 5.60. The van der Waals surface area contributed by atoms with E-state index in [0.29, 0.717) is 40.6 Å². The molecule has 3 heterocycles. The molecule has 0 spiro atoms. The van der Waals surface area contributed by atoms with Crippen LogP contribution >= 0.6 is 0 Å². The fourth-order valence-corrected chi connectivity index (χ4v) is 4.80. The van der Waals surface area contributed by atoms with Gasteiger partial charge in [-0.15, -0.1) is 0 Å². The molecule has 0 radical (unpaired) electrons. The van der Waals surface area contributed by atoms with Crippen LogP contribution < -0.4 is 10.3 Å². The van der Waals surface area contributed by atoms with Crippen molar-refractivity contribution >= 4 is 27.6 Å². The average molecular weight is 473 g/mol. The molecule has 0 bridgehead atoms. The molecule has 0 unspecified atom stereocenters. The van der Waals surface area contributed by atoms with Gasteiger partial charge in [-0.25, -0.2) is 4.79 Å². The highest BCUT2D eigenvalue weighted by atomic mass is 16.5. The smallest absolute Gasteiger partial charge is 0.339 e. The van der Waals surface area contributed by atoms with Crippen LogP contribution in [-0.4, -0.2) is 32.8 Å². The molecular formula is C28H28N2O5. The molecule has 2 aromatic heterocycles. The van der Waals surface area contributed by atoms with Crippen LogP contribution in [0.25, 0.3) is 32.8 Å². The SMILES string of the molecule is CCC(C)(C)O[C@H](C(=O)O)c1c(-c2ccc3c4c(ccnc24)CCO3)c2ccccc2c(=O)n1C. The predicted molar refractivity (Wildman–Crippen MR) is 135 cm³/mol. The highest BCUT2D eigenvalue weighted by Crippen LogP contribution is 2.43. The van der Waals surface area contributed by atoms with Crippen molar-refractivity contribution in [2.75, 3.05) is 6.61 Å². The molecule has 1 aliphatic heterocycles. The van der Waals surface area contributed by atoms with Crippen molar-refractivity contribution in [1.29, 1.82) is 0 Å². The second kappa shape index (κ2) is 8.50. The van der Waals surface area contributed by atoms with Crippen LogP contribution in [0, 0.1) is 0 Å². The summed E-state index contributed by atoms with van der Waals surface area (Å²) in [6.07, 6.45) is 1.78. The number of pyridine rings is 2. The van der Waals surface area contributed by atoms with Gasteiger partial charge < -0.3 is 19.1 Å². The number of benzene rings is 2. The van der Waals surface area contributed by atoms with Gasteiger partial charge >= 0.3 is 5.97 Å². The second-order valence-corrected chi connectivity index (χ2v) is 9.52. The number of nitrogens with zero attached hydrogens (tertiary/aromatic N) is 2. The van der Waals surface area contributed by atoms with E-state index in [-0.39, 0.29) is 5.56 Å². The number of carbonyl (C=O) groups is 1. The van der Waals surface area contributed by atoms with Gasteiger partial charge in [0, 0.05) is 41.6 Å².